The molecule has 0 amide bonds. The molecular weight excluding hydrogens is 257 g/mol. The number of hydrogen-bond donors (Lipinski definition) is 1. The van der Waals surface area contributed by atoms with Gasteiger partial charge in [-0.3, -0.25) is 4.79 Å². The van der Waals surface area contributed by atoms with Gasteiger partial charge in [-0.2, -0.15) is 5.26 Å². The van der Waals surface area contributed by atoms with Gasteiger partial charge in [0.2, 0.25) is 0 Å². The molecule has 1 aromatic carbocycles. The van der Waals surface area contributed by atoms with Crippen molar-refractivity contribution in [1.82, 2.24) is 0 Å². The highest BCUT2D eigenvalue weighted by atomic mass is 19.1. The Kier molecular flexibility index (Phi) is 5.26. The summed E-state index contributed by atoms with van der Waals surface area (Å²) in [5, 5.41) is 18.1. The molecule has 0 saturated carbocycles. The molecule has 0 saturated heterocycles. The van der Waals surface area contributed by atoms with Gasteiger partial charge in [0.1, 0.15) is 11.9 Å². The molecule has 0 atom stereocenters. The van der Waals surface area contributed by atoms with Gasteiger partial charge in [-0.05, 0) is 41.0 Å². The molecule has 0 unspecified atom stereocenters. The third kappa shape index (κ3) is 3.57. The van der Waals surface area contributed by atoms with Gasteiger partial charge < -0.3 is 5.11 Å². The van der Waals surface area contributed by atoms with Crippen molar-refractivity contribution in [2.75, 3.05) is 0 Å². The predicted molar refractivity (Wildman–Crippen MR) is 75.1 cm³/mol. The van der Waals surface area contributed by atoms with Gasteiger partial charge in [0.05, 0.1) is 12.0 Å². The Hall–Kier alpha value is -1.89. The normalized spacial score (nSPS) is 10.9. The number of nitrogens with zero attached hydrogens (tertiary/aromatic N) is 1. The van der Waals surface area contributed by atoms with Crippen LogP contribution in [0.5, 0.6) is 0 Å². The van der Waals surface area contributed by atoms with Crippen LogP contribution in [0.1, 0.15) is 55.9 Å². The van der Waals surface area contributed by atoms with E-state index in [1.165, 1.54) is 6.07 Å². The third-order valence-corrected chi connectivity index (χ3v) is 3.16. The van der Waals surface area contributed by atoms with E-state index >= 15 is 0 Å². The highest BCUT2D eigenvalue weighted by molar-refractivity contribution is 5.72. The Balaban J connectivity index is 3.59. The second-order valence-corrected chi connectivity index (χ2v) is 5.72. The third-order valence-electron chi connectivity index (χ3n) is 3.16. The molecule has 0 aliphatic rings. The monoisotopic (exact) mass is 277 g/mol. The second-order valence-electron chi connectivity index (χ2n) is 5.72. The summed E-state index contributed by atoms with van der Waals surface area (Å²) in [7, 11) is 0. The number of halogens is 1. The summed E-state index contributed by atoms with van der Waals surface area (Å²) in [6.45, 7) is 7.64. The molecule has 20 heavy (non-hydrogen) atoms. The van der Waals surface area contributed by atoms with Crippen molar-refractivity contribution in [2.45, 2.75) is 46.5 Å². The number of carboxylic acid groups (broad SMARTS) is 1. The Bertz CT molecular complexity index is 557. The molecular formula is C16H20FNO2. The molecule has 1 rings (SSSR count). The van der Waals surface area contributed by atoms with Gasteiger partial charge in [0.15, 0.2) is 0 Å². The van der Waals surface area contributed by atoms with E-state index in [2.05, 4.69) is 0 Å². The van der Waals surface area contributed by atoms with Gasteiger partial charge in [-0.25, -0.2) is 4.39 Å². The van der Waals surface area contributed by atoms with Crippen LogP contribution in [-0.2, 0) is 17.6 Å². The van der Waals surface area contributed by atoms with E-state index in [0.717, 1.165) is 5.56 Å². The molecule has 108 valence electrons. The lowest BCUT2D eigenvalue weighted by molar-refractivity contribution is -0.136. The van der Waals surface area contributed by atoms with Gasteiger partial charge in [-0.15, -0.1) is 0 Å². The van der Waals surface area contributed by atoms with Crippen LogP contribution in [0.4, 0.5) is 4.39 Å². The molecule has 0 radical (unpaired) electrons. The molecule has 4 heteroatoms. The van der Waals surface area contributed by atoms with E-state index in [1.807, 2.05) is 33.8 Å². The Morgan fingerprint density at radius 3 is 2.40 bits per heavy atom. The van der Waals surface area contributed by atoms with Crippen LogP contribution in [0.2, 0.25) is 0 Å². The molecule has 0 fully saturated rings. The minimum Gasteiger partial charge on any atom is -0.481 e. The van der Waals surface area contributed by atoms with E-state index in [4.69, 9.17) is 10.4 Å². The van der Waals surface area contributed by atoms with Crippen molar-refractivity contribution in [1.29, 1.82) is 5.26 Å². The minimum atomic E-state index is -0.985. The van der Waals surface area contributed by atoms with Crippen LogP contribution < -0.4 is 0 Å². The minimum absolute atomic E-state index is 0.00140. The summed E-state index contributed by atoms with van der Waals surface area (Å²) in [5.41, 5.74) is 1.65. The number of rotatable bonds is 5. The first-order valence-electron chi connectivity index (χ1n) is 6.73. The Morgan fingerprint density at radius 1 is 1.40 bits per heavy atom. The lowest BCUT2D eigenvalue weighted by Gasteiger charge is -2.19. The number of carbonyl (C=O) groups is 1. The molecule has 0 bridgehead atoms. The largest absolute Gasteiger partial charge is 0.481 e. The number of aliphatic carboxylic acids is 1. The molecule has 0 aliphatic carbocycles. The van der Waals surface area contributed by atoms with Crippen molar-refractivity contribution in [2.24, 2.45) is 5.92 Å². The Labute approximate surface area is 119 Å². The number of carboxylic acids is 1. The van der Waals surface area contributed by atoms with Crippen molar-refractivity contribution < 1.29 is 14.3 Å². The van der Waals surface area contributed by atoms with Crippen molar-refractivity contribution >= 4 is 5.97 Å². The van der Waals surface area contributed by atoms with Crippen LogP contribution >= 0.6 is 0 Å². The number of hydrogen-bond acceptors (Lipinski definition) is 2. The topological polar surface area (TPSA) is 61.1 Å². The average Bonchev–Trinajstić information content (AvgIpc) is 2.30. The SMILES string of the molecule is CC(C)Cc1cc(C#N)c(F)c(C(C)C)c1CC(=O)O. The standard InChI is InChI=1S/C16H20FNO2/c1-9(2)5-11-6-12(8-18)16(17)15(10(3)4)13(11)7-14(19)20/h6,9-10H,5,7H2,1-4H3,(H,19,20). The van der Waals surface area contributed by atoms with Gasteiger partial charge in [-0.1, -0.05) is 27.7 Å². The van der Waals surface area contributed by atoms with Gasteiger partial charge in [0.25, 0.3) is 0 Å². The first-order chi connectivity index (χ1) is 9.27. The summed E-state index contributed by atoms with van der Waals surface area (Å²) >= 11 is 0. The maximum atomic E-state index is 14.3. The number of nitriles is 1. The molecule has 1 N–H and O–H groups in total. The summed E-state index contributed by atoms with van der Waals surface area (Å²) in [5.74, 6) is -1.42. The van der Waals surface area contributed by atoms with Crippen LogP contribution in [0.25, 0.3) is 0 Å². The zero-order valence-electron chi connectivity index (χ0n) is 12.3. The lowest BCUT2D eigenvalue weighted by Crippen LogP contribution is -2.13. The molecule has 0 aromatic heterocycles. The molecule has 0 spiro atoms. The van der Waals surface area contributed by atoms with E-state index in [-0.39, 0.29) is 17.9 Å². The van der Waals surface area contributed by atoms with E-state index in [9.17, 15) is 9.18 Å². The highest BCUT2D eigenvalue weighted by Gasteiger charge is 2.22. The summed E-state index contributed by atoms with van der Waals surface area (Å²) in [6, 6.07) is 3.36. The van der Waals surface area contributed by atoms with Crippen LogP contribution in [0.3, 0.4) is 0 Å². The van der Waals surface area contributed by atoms with Gasteiger partial charge >= 0.3 is 5.97 Å². The van der Waals surface area contributed by atoms with E-state index in [1.54, 1.807) is 0 Å². The van der Waals surface area contributed by atoms with E-state index in [0.29, 0.717) is 23.5 Å². The first kappa shape index (κ1) is 16.2. The van der Waals surface area contributed by atoms with Crippen molar-refractivity contribution in [3.63, 3.8) is 0 Å². The zero-order valence-corrected chi connectivity index (χ0v) is 12.3. The quantitative estimate of drug-likeness (QED) is 0.893. The van der Waals surface area contributed by atoms with Crippen molar-refractivity contribution in [3.8, 4) is 6.07 Å². The zero-order chi connectivity index (χ0) is 15.4. The highest BCUT2D eigenvalue weighted by Crippen LogP contribution is 2.30. The maximum absolute atomic E-state index is 14.3. The maximum Gasteiger partial charge on any atom is 0.307 e. The smallest absolute Gasteiger partial charge is 0.307 e. The average molecular weight is 277 g/mol. The number of benzene rings is 1. The first-order valence-corrected chi connectivity index (χ1v) is 6.73. The van der Waals surface area contributed by atoms with Crippen LogP contribution in [-0.4, -0.2) is 11.1 Å². The van der Waals surface area contributed by atoms with Crippen LogP contribution in [0, 0.1) is 23.1 Å². The summed E-state index contributed by atoms with van der Waals surface area (Å²) in [4.78, 5) is 11.1. The summed E-state index contributed by atoms with van der Waals surface area (Å²) < 4.78 is 14.3. The Morgan fingerprint density at radius 2 is 2.00 bits per heavy atom. The molecule has 0 heterocycles. The lowest BCUT2D eigenvalue weighted by atomic mass is 9.86. The second kappa shape index (κ2) is 6.51. The predicted octanol–water partition coefficient (Wildman–Crippen LogP) is 3.65. The summed E-state index contributed by atoms with van der Waals surface area (Å²) in [6.07, 6.45) is 0.426. The van der Waals surface area contributed by atoms with Crippen LogP contribution in [0.15, 0.2) is 6.07 Å². The molecule has 1 aromatic rings. The van der Waals surface area contributed by atoms with Crippen molar-refractivity contribution in [3.05, 3.63) is 34.1 Å². The fourth-order valence-corrected chi connectivity index (χ4v) is 2.44. The van der Waals surface area contributed by atoms with Gasteiger partial charge in [0, 0.05) is 0 Å². The fraction of sp³-hybridized carbons (Fsp3) is 0.500. The molecule has 3 nitrogen and oxygen atoms in total. The van der Waals surface area contributed by atoms with E-state index < -0.39 is 11.8 Å². The fourth-order valence-electron chi connectivity index (χ4n) is 2.44. The molecule has 0 aliphatic heterocycles.